The molecule has 1 saturated heterocycles. The van der Waals surface area contributed by atoms with Crippen molar-refractivity contribution in [1.82, 2.24) is 14.5 Å². The Hall–Kier alpha value is -2.81. The third-order valence-corrected chi connectivity index (χ3v) is 8.51. The van der Waals surface area contributed by atoms with Crippen molar-refractivity contribution in [3.63, 3.8) is 0 Å². The summed E-state index contributed by atoms with van der Waals surface area (Å²) < 4.78 is 29.7. The summed E-state index contributed by atoms with van der Waals surface area (Å²) in [6.45, 7) is 16.8. The second kappa shape index (κ2) is 14.2. The van der Waals surface area contributed by atoms with E-state index in [0.29, 0.717) is 53.8 Å². The maximum atomic E-state index is 15.6. The Balaban J connectivity index is 2.48. The van der Waals surface area contributed by atoms with Crippen LogP contribution in [0, 0.1) is 0 Å². The van der Waals surface area contributed by atoms with Gasteiger partial charge in [0.1, 0.15) is 22.4 Å². The number of amides is 1. The number of piperidine rings is 1. The van der Waals surface area contributed by atoms with Crippen LogP contribution in [0.15, 0.2) is 59.5 Å². The summed E-state index contributed by atoms with van der Waals surface area (Å²) in [7, 11) is 0.172. The van der Waals surface area contributed by atoms with Gasteiger partial charge in [-0.1, -0.05) is 32.6 Å². The van der Waals surface area contributed by atoms with Crippen molar-refractivity contribution in [2.45, 2.75) is 103 Å². The molecule has 40 heavy (non-hydrogen) atoms. The molecule has 2 rings (SSSR count). The molecule has 222 valence electrons. The van der Waals surface area contributed by atoms with Crippen LogP contribution in [0.3, 0.4) is 0 Å². The SMILES string of the molecule is C=CC=C(C1=C(C(C)(C)F)CC2NC(=O)C(N(C(=C)CCCC(=O)CCCC)S(C)=O)C(=O)C2=C1)N(C)C(C)C. The molecule has 1 aliphatic heterocycles. The molecule has 1 amide bonds. The molecular formula is C31H46FN3O4S. The van der Waals surface area contributed by atoms with Gasteiger partial charge in [-0.15, -0.1) is 0 Å². The van der Waals surface area contributed by atoms with Crippen molar-refractivity contribution in [3.05, 3.63) is 59.5 Å². The number of alkyl halides is 1. The van der Waals surface area contributed by atoms with Crippen LogP contribution in [-0.4, -0.2) is 68.0 Å². The molecule has 0 aromatic heterocycles. The topological polar surface area (TPSA) is 86.8 Å². The highest BCUT2D eigenvalue weighted by atomic mass is 32.2. The number of Topliss-reactive ketones (excluding diaryl/α,β-unsaturated/α-hetero) is 2. The van der Waals surface area contributed by atoms with E-state index in [-0.39, 0.29) is 18.2 Å². The van der Waals surface area contributed by atoms with E-state index < -0.39 is 40.4 Å². The lowest BCUT2D eigenvalue weighted by atomic mass is 9.76. The number of nitrogens with one attached hydrogen (secondary N) is 1. The summed E-state index contributed by atoms with van der Waals surface area (Å²) in [5, 5.41) is 2.88. The van der Waals surface area contributed by atoms with Gasteiger partial charge in [0.25, 0.3) is 5.91 Å². The van der Waals surface area contributed by atoms with E-state index in [2.05, 4.69) is 18.5 Å². The Morgan fingerprint density at radius 2 is 1.88 bits per heavy atom. The number of carbonyl (C=O) groups excluding carboxylic acids is 3. The molecule has 1 aliphatic carbocycles. The Labute approximate surface area is 241 Å². The molecule has 1 fully saturated rings. The monoisotopic (exact) mass is 575 g/mol. The largest absolute Gasteiger partial charge is 0.372 e. The van der Waals surface area contributed by atoms with E-state index in [9.17, 15) is 18.6 Å². The van der Waals surface area contributed by atoms with Gasteiger partial charge in [-0.3, -0.25) is 18.7 Å². The minimum absolute atomic E-state index is 0.0866. The maximum Gasteiger partial charge on any atom is 0.252 e. The quantitative estimate of drug-likeness (QED) is 0.213. The van der Waals surface area contributed by atoms with Crippen molar-refractivity contribution >= 4 is 28.5 Å². The number of fused-ring (bicyclic) bond motifs is 1. The van der Waals surface area contributed by atoms with Gasteiger partial charge < -0.3 is 10.2 Å². The number of carbonyl (C=O) groups is 3. The third-order valence-electron chi connectivity index (χ3n) is 7.48. The average Bonchev–Trinajstić information content (AvgIpc) is 2.86. The van der Waals surface area contributed by atoms with E-state index in [0.717, 1.165) is 12.8 Å². The first-order valence-electron chi connectivity index (χ1n) is 14.0. The number of rotatable bonds is 15. The molecule has 7 nitrogen and oxygen atoms in total. The van der Waals surface area contributed by atoms with Crippen molar-refractivity contribution in [1.29, 1.82) is 0 Å². The van der Waals surface area contributed by atoms with Crippen LogP contribution in [0.25, 0.3) is 0 Å². The van der Waals surface area contributed by atoms with Crippen molar-refractivity contribution in [2.24, 2.45) is 0 Å². The lowest BCUT2D eigenvalue weighted by Crippen LogP contribution is -2.60. The summed E-state index contributed by atoms with van der Waals surface area (Å²) in [6, 6.07) is -1.98. The fourth-order valence-electron chi connectivity index (χ4n) is 5.07. The normalized spacial score (nSPS) is 20.5. The highest BCUT2D eigenvalue weighted by Crippen LogP contribution is 2.40. The van der Waals surface area contributed by atoms with Crippen LogP contribution in [0.1, 0.15) is 79.6 Å². The van der Waals surface area contributed by atoms with Gasteiger partial charge in [-0.05, 0) is 71.1 Å². The lowest BCUT2D eigenvalue weighted by molar-refractivity contribution is -0.134. The van der Waals surface area contributed by atoms with E-state index >= 15 is 4.39 Å². The Morgan fingerprint density at radius 3 is 2.40 bits per heavy atom. The molecule has 9 heteroatoms. The molecule has 1 N–H and O–H groups in total. The maximum absolute atomic E-state index is 15.6. The summed E-state index contributed by atoms with van der Waals surface area (Å²) in [6.07, 6.45) is 10.1. The first-order chi connectivity index (χ1) is 18.6. The van der Waals surface area contributed by atoms with E-state index in [1.54, 1.807) is 18.2 Å². The van der Waals surface area contributed by atoms with E-state index in [1.807, 2.05) is 32.7 Å². The number of hydrogen-bond donors (Lipinski definition) is 1. The van der Waals surface area contributed by atoms with Gasteiger partial charge in [0.15, 0.2) is 11.8 Å². The van der Waals surface area contributed by atoms with Gasteiger partial charge >= 0.3 is 0 Å². The zero-order chi connectivity index (χ0) is 30.4. The van der Waals surface area contributed by atoms with Gasteiger partial charge in [0, 0.05) is 54.7 Å². The van der Waals surface area contributed by atoms with Crippen molar-refractivity contribution in [3.8, 4) is 0 Å². The number of nitrogens with zero attached hydrogens (tertiary/aromatic N) is 2. The number of likely N-dealkylation sites (N-methyl/N-ethyl adjacent to an activating group) is 1. The van der Waals surface area contributed by atoms with Gasteiger partial charge in [-0.25, -0.2) is 8.60 Å². The Kier molecular flexibility index (Phi) is 11.9. The van der Waals surface area contributed by atoms with Crippen molar-refractivity contribution < 1.29 is 23.0 Å². The van der Waals surface area contributed by atoms with Crippen molar-refractivity contribution in [2.75, 3.05) is 13.3 Å². The zero-order valence-corrected chi connectivity index (χ0v) is 26.0. The molecule has 2 aliphatic rings. The van der Waals surface area contributed by atoms with Crippen LogP contribution in [-0.2, 0) is 25.4 Å². The fourth-order valence-corrected chi connectivity index (χ4v) is 6.01. The molecule has 0 aromatic rings. The summed E-state index contributed by atoms with van der Waals surface area (Å²) in [4.78, 5) is 41.3. The first-order valence-corrected chi connectivity index (χ1v) is 15.5. The third kappa shape index (κ3) is 7.89. The minimum atomic E-state index is -1.72. The minimum Gasteiger partial charge on any atom is -0.372 e. The van der Waals surface area contributed by atoms with Gasteiger partial charge in [0.2, 0.25) is 0 Å². The van der Waals surface area contributed by atoms with Gasteiger partial charge in [-0.2, -0.15) is 0 Å². The number of halogens is 1. The second-order valence-corrected chi connectivity index (χ2v) is 12.5. The fraction of sp³-hybridized carbons (Fsp3) is 0.581. The van der Waals surface area contributed by atoms with E-state index in [1.165, 1.54) is 24.4 Å². The van der Waals surface area contributed by atoms with Crippen LogP contribution >= 0.6 is 0 Å². The summed E-state index contributed by atoms with van der Waals surface area (Å²) >= 11 is 0. The number of ketones is 2. The molecule has 0 bridgehead atoms. The zero-order valence-electron chi connectivity index (χ0n) is 25.1. The van der Waals surface area contributed by atoms with E-state index in [4.69, 9.17) is 0 Å². The molecule has 1 heterocycles. The molecule has 0 saturated carbocycles. The highest BCUT2D eigenvalue weighted by molar-refractivity contribution is 7.82. The van der Waals surface area contributed by atoms with Crippen LogP contribution in [0.4, 0.5) is 4.39 Å². The molecule has 0 aromatic carbocycles. The predicted molar refractivity (Wildman–Crippen MR) is 160 cm³/mol. The average molecular weight is 576 g/mol. The Morgan fingerprint density at radius 1 is 1.25 bits per heavy atom. The first kappa shape index (κ1) is 33.4. The number of unbranched alkanes of at least 4 members (excludes halogenated alkanes) is 1. The molecular weight excluding hydrogens is 529 g/mol. The Bertz CT molecular complexity index is 1150. The smallest absolute Gasteiger partial charge is 0.252 e. The predicted octanol–water partition coefficient (Wildman–Crippen LogP) is 5.25. The van der Waals surface area contributed by atoms with Gasteiger partial charge in [0.05, 0.1) is 6.04 Å². The standard InChI is InChI=1S/C31H46FN3O4S/c1-10-12-16-22(36)17-13-15-21(5)35(40(9)39)28-29(37)24-18-23(27(14-11-2)34(8)20(3)4)25(31(6,7)32)19-26(24)33-30(28)38/h11,14,18,20,26,28H,2,5,10,12-13,15-17,19H2,1,3-4,6-9H3,(H,33,38). The number of allylic oxidation sites excluding steroid dienone is 4. The molecule has 0 spiro atoms. The van der Waals surface area contributed by atoms with Crippen LogP contribution in [0.5, 0.6) is 0 Å². The molecule has 3 unspecified atom stereocenters. The molecule has 3 atom stereocenters. The number of hydrogen-bond acceptors (Lipinski definition) is 5. The summed E-state index contributed by atoms with van der Waals surface area (Å²) in [5.41, 5.74) is 0.748. The highest BCUT2D eigenvalue weighted by Gasteiger charge is 2.47. The molecule has 0 radical (unpaired) electrons. The van der Waals surface area contributed by atoms with Crippen LogP contribution < -0.4 is 5.32 Å². The second-order valence-electron chi connectivity index (χ2n) is 11.3. The lowest BCUT2D eigenvalue weighted by Gasteiger charge is -2.41. The summed E-state index contributed by atoms with van der Waals surface area (Å²) in [5.74, 6) is -0.924. The van der Waals surface area contributed by atoms with Crippen LogP contribution in [0.2, 0.25) is 0 Å².